The molecule has 0 spiro atoms. The molecule has 2 rings (SSSR count). The molecule has 0 saturated heterocycles. The molecule has 1 unspecified atom stereocenters. The Kier molecular flexibility index (Phi) is 3.88. The fourth-order valence-corrected chi connectivity index (χ4v) is 1.51. The van der Waals surface area contributed by atoms with Crippen LogP contribution in [0.1, 0.15) is 31.7 Å². The summed E-state index contributed by atoms with van der Waals surface area (Å²) in [6.07, 6.45) is 6.20. The fraction of sp³-hybridized carbons (Fsp3) is 0.500. The van der Waals surface area contributed by atoms with E-state index in [1.165, 1.54) is 0 Å². The second-order valence-corrected chi connectivity index (χ2v) is 3.74. The van der Waals surface area contributed by atoms with E-state index < -0.39 is 0 Å². The molecule has 1 aliphatic rings. The van der Waals surface area contributed by atoms with E-state index in [4.69, 9.17) is 9.57 Å². The lowest BCUT2D eigenvalue weighted by Crippen LogP contribution is -2.13. The minimum absolute atomic E-state index is 0.221. The molecule has 0 radical (unpaired) electrons. The van der Waals surface area contributed by atoms with Gasteiger partial charge in [-0.2, -0.15) is 0 Å². The van der Waals surface area contributed by atoms with Crippen LogP contribution >= 0.6 is 0 Å². The normalized spacial score (nSPS) is 19.3. The number of rotatable bonds is 5. The first-order chi connectivity index (χ1) is 7.90. The van der Waals surface area contributed by atoms with Crippen molar-refractivity contribution in [3.05, 3.63) is 30.1 Å². The molecular formula is C12H16N2O2. The van der Waals surface area contributed by atoms with Crippen LogP contribution in [-0.4, -0.2) is 23.6 Å². The first-order valence-corrected chi connectivity index (χ1v) is 5.65. The Labute approximate surface area is 95.3 Å². The molecule has 0 fully saturated rings. The molecule has 0 saturated carbocycles. The van der Waals surface area contributed by atoms with Crippen molar-refractivity contribution in [3.8, 4) is 0 Å². The number of unbranched alkanes of at least 4 members (excludes halogenated alkanes) is 1. The third-order valence-corrected chi connectivity index (χ3v) is 2.44. The summed E-state index contributed by atoms with van der Waals surface area (Å²) >= 11 is 0. The van der Waals surface area contributed by atoms with E-state index in [0.29, 0.717) is 6.42 Å². The third-order valence-electron chi connectivity index (χ3n) is 2.44. The third kappa shape index (κ3) is 2.79. The van der Waals surface area contributed by atoms with Crippen molar-refractivity contribution in [2.45, 2.75) is 32.5 Å². The highest BCUT2D eigenvalue weighted by atomic mass is 16.8. The molecule has 1 aromatic rings. The van der Waals surface area contributed by atoms with Gasteiger partial charge < -0.3 is 9.57 Å². The number of oxime groups is 1. The van der Waals surface area contributed by atoms with Gasteiger partial charge in [-0.3, -0.25) is 4.98 Å². The zero-order chi connectivity index (χ0) is 11.2. The summed E-state index contributed by atoms with van der Waals surface area (Å²) in [5.74, 6) is 0. The van der Waals surface area contributed by atoms with E-state index in [0.717, 1.165) is 30.7 Å². The lowest BCUT2D eigenvalue weighted by Gasteiger charge is -2.08. The van der Waals surface area contributed by atoms with Gasteiger partial charge in [0.1, 0.15) is 0 Å². The molecule has 0 aliphatic carbocycles. The number of hydrogen-bond acceptors (Lipinski definition) is 4. The maximum absolute atomic E-state index is 5.54. The Balaban J connectivity index is 1.83. The van der Waals surface area contributed by atoms with E-state index in [1.807, 2.05) is 12.1 Å². The zero-order valence-electron chi connectivity index (χ0n) is 9.43. The molecular weight excluding hydrogens is 204 g/mol. The minimum Gasteiger partial charge on any atom is -0.363 e. The molecule has 4 nitrogen and oxygen atoms in total. The van der Waals surface area contributed by atoms with Gasteiger partial charge in [0.2, 0.25) is 6.29 Å². The summed E-state index contributed by atoms with van der Waals surface area (Å²) in [6.45, 7) is 2.87. The smallest absolute Gasteiger partial charge is 0.232 e. The molecule has 2 heterocycles. The number of ether oxygens (including phenoxy) is 1. The average Bonchev–Trinajstić information content (AvgIpc) is 2.79. The molecule has 0 amide bonds. The fourth-order valence-electron chi connectivity index (χ4n) is 1.51. The van der Waals surface area contributed by atoms with Crippen LogP contribution in [-0.2, 0) is 9.57 Å². The predicted octanol–water partition coefficient (Wildman–Crippen LogP) is 2.35. The molecule has 0 N–H and O–H groups in total. The molecule has 16 heavy (non-hydrogen) atoms. The molecule has 1 aromatic heterocycles. The Morgan fingerprint density at radius 2 is 2.50 bits per heavy atom. The molecule has 1 aliphatic heterocycles. The topological polar surface area (TPSA) is 43.7 Å². The Bertz CT molecular complexity index is 351. The molecule has 0 aromatic carbocycles. The van der Waals surface area contributed by atoms with Crippen LogP contribution in [0.5, 0.6) is 0 Å². The predicted molar refractivity (Wildman–Crippen MR) is 61.1 cm³/mol. The van der Waals surface area contributed by atoms with Crippen LogP contribution in [0.15, 0.2) is 29.7 Å². The van der Waals surface area contributed by atoms with Crippen LogP contribution in [0.4, 0.5) is 0 Å². The summed E-state index contributed by atoms with van der Waals surface area (Å²) in [4.78, 5) is 9.26. The minimum atomic E-state index is -0.221. The van der Waals surface area contributed by atoms with Crippen molar-refractivity contribution >= 4 is 5.71 Å². The highest BCUT2D eigenvalue weighted by Gasteiger charge is 2.22. The quantitative estimate of drug-likeness (QED) is 0.715. The second-order valence-electron chi connectivity index (χ2n) is 3.74. The summed E-state index contributed by atoms with van der Waals surface area (Å²) in [7, 11) is 0. The monoisotopic (exact) mass is 220 g/mol. The first kappa shape index (κ1) is 11.1. The van der Waals surface area contributed by atoms with Gasteiger partial charge in [-0.05, 0) is 18.6 Å². The van der Waals surface area contributed by atoms with E-state index in [-0.39, 0.29) is 6.29 Å². The van der Waals surface area contributed by atoms with E-state index in [2.05, 4.69) is 17.1 Å². The Hall–Kier alpha value is -1.42. The SMILES string of the molecule is CCCCOC1CC(c2cccnc2)=NO1. The standard InChI is InChI=1S/C12H16N2O2/c1-2-3-7-15-12-8-11(14-16-12)10-5-4-6-13-9-10/h4-6,9,12H,2-3,7-8H2,1H3. The van der Waals surface area contributed by atoms with Crippen molar-refractivity contribution in [2.24, 2.45) is 5.16 Å². The number of aromatic nitrogens is 1. The maximum atomic E-state index is 5.54. The van der Waals surface area contributed by atoms with Crippen LogP contribution in [0.3, 0.4) is 0 Å². The van der Waals surface area contributed by atoms with Gasteiger partial charge in [0.25, 0.3) is 0 Å². The summed E-state index contributed by atoms with van der Waals surface area (Å²) < 4.78 is 5.54. The van der Waals surface area contributed by atoms with E-state index >= 15 is 0 Å². The van der Waals surface area contributed by atoms with Crippen LogP contribution < -0.4 is 0 Å². The number of pyridine rings is 1. The first-order valence-electron chi connectivity index (χ1n) is 5.65. The van der Waals surface area contributed by atoms with Crippen molar-refractivity contribution in [2.75, 3.05) is 6.61 Å². The van der Waals surface area contributed by atoms with Gasteiger partial charge >= 0.3 is 0 Å². The Morgan fingerprint density at radius 1 is 1.56 bits per heavy atom. The maximum Gasteiger partial charge on any atom is 0.232 e. The van der Waals surface area contributed by atoms with Crippen molar-refractivity contribution in [3.63, 3.8) is 0 Å². The largest absolute Gasteiger partial charge is 0.363 e. The van der Waals surface area contributed by atoms with Gasteiger partial charge in [-0.25, -0.2) is 0 Å². The Morgan fingerprint density at radius 3 is 3.25 bits per heavy atom. The van der Waals surface area contributed by atoms with Crippen LogP contribution in [0.2, 0.25) is 0 Å². The van der Waals surface area contributed by atoms with E-state index in [9.17, 15) is 0 Å². The van der Waals surface area contributed by atoms with Gasteiger partial charge in [-0.1, -0.05) is 18.5 Å². The van der Waals surface area contributed by atoms with Gasteiger partial charge in [0.05, 0.1) is 18.7 Å². The highest BCUT2D eigenvalue weighted by Crippen LogP contribution is 2.17. The second kappa shape index (κ2) is 5.61. The van der Waals surface area contributed by atoms with Crippen LogP contribution in [0, 0.1) is 0 Å². The van der Waals surface area contributed by atoms with Crippen molar-refractivity contribution < 1.29 is 9.57 Å². The van der Waals surface area contributed by atoms with Crippen LogP contribution in [0.25, 0.3) is 0 Å². The molecule has 4 heteroatoms. The summed E-state index contributed by atoms with van der Waals surface area (Å²) in [6, 6.07) is 3.87. The molecule has 86 valence electrons. The lowest BCUT2D eigenvalue weighted by molar-refractivity contribution is -0.124. The molecule has 1 atom stereocenters. The number of hydrogen-bond donors (Lipinski definition) is 0. The van der Waals surface area contributed by atoms with E-state index in [1.54, 1.807) is 12.4 Å². The lowest BCUT2D eigenvalue weighted by atomic mass is 10.1. The van der Waals surface area contributed by atoms with Gasteiger partial charge in [0.15, 0.2) is 0 Å². The van der Waals surface area contributed by atoms with Gasteiger partial charge in [0, 0.05) is 18.0 Å². The van der Waals surface area contributed by atoms with Crippen molar-refractivity contribution in [1.29, 1.82) is 0 Å². The summed E-state index contributed by atoms with van der Waals surface area (Å²) in [5.41, 5.74) is 1.92. The average molecular weight is 220 g/mol. The molecule has 0 bridgehead atoms. The van der Waals surface area contributed by atoms with Gasteiger partial charge in [-0.15, -0.1) is 0 Å². The summed E-state index contributed by atoms with van der Waals surface area (Å²) in [5, 5.41) is 4.02. The zero-order valence-corrected chi connectivity index (χ0v) is 9.43. The van der Waals surface area contributed by atoms with Crippen molar-refractivity contribution in [1.82, 2.24) is 4.98 Å². The highest BCUT2D eigenvalue weighted by molar-refractivity contribution is 6.00. The number of nitrogens with zero attached hydrogens (tertiary/aromatic N) is 2.